The fraction of sp³-hybridized carbons (Fsp3) is 0.769. The van der Waals surface area contributed by atoms with Crippen molar-refractivity contribution in [3.63, 3.8) is 0 Å². The molecular weight excluding hydrogens is 198 g/mol. The first-order valence-electron chi connectivity index (χ1n) is 6.46. The van der Waals surface area contributed by atoms with Crippen molar-refractivity contribution in [2.45, 2.75) is 45.6 Å². The van der Waals surface area contributed by atoms with E-state index in [1.165, 1.54) is 18.5 Å². The zero-order valence-corrected chi connectivity index (χ0v) is 10.6. The van der Waals surface area contributed by atoms with Crippen molar-refractivity contribution in [2.75, 3.05) is 13.1 Å². The summed E-state index contributed by atoms with van der Waals surface area (Å²) in [6.07, 6.45) is 6.53. The molecule has 1 N–H and O–H groups in total. The number of hydrogen-bond acceptors (Lipinski definition) is 2. The van der Waals surface area contributed by atoms with Gasteiger partial charge in [0.25, 0.3) is 0 Å². The fourth-order valence-electron chi connectivity index (χ4n) is 2.49. The maximum Gasteiger partial charge on any atom is 0.0950 e. The van der Waals surface area contributed by atoms with Gasteiger partial charge in [-0.05, 0) is 25.8 Å². The molecule has 1 aliphatic heterocycles. The van der Waals surface area contributed by atoms with Gasteiger partial charge in [-0.2, -0.15) is 0 Å². The van der Waals surface area contributed by atoms with E-state index in [-0.39, 0.29) is 0 Å². The van der Waals surface area contributed by atoms with E-state index in [1.807, 2.05) is 6.33 Å². The van der Waals surface area contributed by atoms with Crippen LogP contribution in [0.5, 0.6) is 0 Å². The van der Waals surface area contributed by atoms with Gasteiger partial charge >= 0.3 is 0 Å². The molecule has 0 aromatic carbocycles. The molecule has 3 nitrogen and oxygen atoms in total. The van der Waals surface area contributed by atoms with Crippen LogP contribution in [0.15, 0.2) is 12.5 Å². The lowest BCUT2D eigenvalue weighted by Gasteiger charge is -2.24. The van der Waals surface area contributed by atoms with Crippen LogP contribution < -0.4 is 5.32 Å². The monoisotopic (exact) mass is 221 g/mol. The minimum atomic E-state index is 0.558. The first-order valence-corrected chi connectivity index (χ1v) is 6.46. The van der Waals surface area contributed by atoms with Crippen LogP contribution in [0.2, 0.25) is 0 Å². The van der Waals surface area contributed by atoms with Crippen molar-refractivity contribution in [2.24, 2.45) is 5.92 Å². The predicted octanol–water partition coefficient (Wildman–Crippen LogP) is 2.57. The molecular formula is C13H23N3. The Bertz CT molecular complexity index is 326. The lowest BCUT2D eigenvalue weighted by atomic mass is 9.98. The van der Waals surface area contributed by atoms with E-state index in [0.717, 1.165) is 13.1 Å². The molecule has 3 unspecified atom stereocenters. The quantitative estimate of drug-likeness (QED) is 0.847. The van der Waals surface area contributed by atoms with Gasteiger partial charge in [0, 0.05) is 30.4 Å². The molecule has 1 fully saturated rings. The average Bonchev–Trinajstić information content (AvgIpc) is 2.95. The molecule has 1 saturated heterocycles. The second kappa shape index (κ2) is 5.00. The number of rotatable bonds is 4. The Kier molecular flexibility index (Phi) is 3.64. The highest BCUT2D eigenvalue weighted by Gasteiger charge is 2.23. The zero-order chi connectivity index (χ0) is 11.5. The van der Waals surface area contributed by atoms with Crippen LogP contribution in [-0.4, -0.2) is 22.6 Å². The number of nitrogens with one attached hydrogen (secondary N) is 1. The smallest absolute Gasteiger partial charge is 0.0950 e. The summed E-state index contributed by atoms with van der Waals surface area (Å²) in [7, 11) is 0. The van der Waals surface area contributed by atoms with Crippen LogP contribution in [0.1, 0.15) is 51.3 Å². The number of aromatic nitrogens is 2. The largest absolute Gasteiger partial charge is 0.331 e. The summed E-state index contributed by atoms with van der Waals surface area (Å²) >= 11 is 0. The fourth-order valence-corrected chi connectivity index (χ4v) is 2.49. The second-order valence-corrected chi connectivity index (χ2v) is 5.04. The molecule has 90 valence electrons. The Morgan fingerprint density at radius 3 is 3.00 bits per heavy atom. The van der Waals surface area contributed by atoms with Crippen molar-refractivity contribution >= 4 is 0 Å². The van der Waals surface area contributed by atoms with Gasteiger partial charge in [0.1, 0.15) is 0 Å². The normalized spacial score (nSPS) is 24.6. The second-order valence-electron chi connectivity index (χ2n) is 5.04. The molecule has 0 amide bonds. The molecule has 1 aromatic rings. The number of imidazole rings is 1. The van der Waals surface area contributed by atoms with E-state index in [1.54, 1.807) is 0 Å². The molecule has 16 heavy (non-hydrogen) atoms. The van der Waals surface area contributed by atoms with Crippen molar-refractivity contribution in [3.05, 3.63) is 18.2 Å². The molecule has 3 heteroatoms. The van der Waals surface area contributed by atoms with Crippen molar-refractivity contribution in [3.8, 4) is 0 Å². The van der Waals surface area contributed by atoms with Crippen LogP contribution in [0.3, 0.4) is 0 Å². The first-order chi connectivity index (χ1) is 7.74. The van der Waals surface area contributed by atoms with E-state index in [4.69, 9.17) is 0 Å². The van der Waals surface area contributed by atoms with Crippen LogP contribution in [-0.2, 0) is 0 Å². The number of nitrogens with zero attached hydrogens (tertiary/aromatic N) is 2. The average molecular weight is 221 g/mol. The van der Waals surface area contributed by atoms with E-state index >= 15 is 0 Å². The first kappa shape index (κ1) is 11.6. The minimum Gasteiger partial charge on any atom is -0.331 e. The summed E-state index contributed by atoms with van der Waals surface area (Å²) in [6.45, 7) is 9.14. The molecule has 2 rings (SSSR count). The summed E-state index contributed by atoms with van der Waals surface area (Å²) < 4.78 is 2.38. The molecule has 0 saturated carbocycles. The minimum absolute atomic E-state index is 0.558. The standard InChI is InChI=1S/C13H23N3/c1-4-10(2)11(3)16-9-15-8-13(16)12-5-6-14-7-12/h8-12,14H,4-7H2,1-3H3. The van der Waals surface area contributed by atoms with E-state index < -0.39 is 0 Å². The van der Waals surface area contributed by atoms with Crippen LogP contribution in [0, 0.1) is 5.92 Å². The summed E-state index contributed by atoms with van der Waals surface area (Å²) in [5.41, 5.74) is 1.41. The van der Waals surface area contributed by atoms with Gasteiger partial charge in [-0.15, -0.1) is 0 Å². The Morgan fingerprint density at radius 1 is 1.56 bits per heavy atom. The maximum atomic E-state index is 4.34. The molecule has 0 radical (unpaired) electrons. The molecule has 0 spiro atoms. The molecule has 1 aromatic heterocycles. The van der Waals surface area contributed by atoms with Gasteiger partial charge in [0.15, 0.2) is 0 Å². The molecule has 0 aliphatic carbocycles. The van der Waals surface area contributed by atoms with Gasteiger partial charge in [0.2, 0.25) is 0 Å². The highest BCUT2D eigenvalue weighted by molar-refractivity contribution is 5.10. The van der Waals surface area contributed by atoms with Crippen molar-refractivity contribution in [1.82, 2.24) is 14.9 Å². The van der Waals surface area contributed by atoms with Crippen LogP contribution in [0.4, 0.5) is 0 Å². The lowest BCUT2D eigenvalue weighted by molar-refractivity contribution is 0.358. The summed E-state index contributed by atoms with van der Waals surface area (Å²) in [5, 5.41) is 3.43. The predicted molar refractivity (Wildman–Crippen MR) is 66.6 cm³/mol. The van der Waals surface area contributed by atoms with Gasteiger partial charge in [-0.3, -0.25) is 0 Å². The van der Waals surface area contributed by atoms with Crippen molar-refractivity contribution < 1.29 is 0 Å². The third kappa shape index (κ3) is 2.14. The van der Waals surface area contributed by atoms with Crippen LogP contribution in [0.25, 0.3) is 0 Å². The highest BCUT2D eigenvalue weighted by Crippen LogP contribution is 2.28. The lowest BCUT2D eigenvalue weighted by Crippen LogP contribution is -2.18. The molecule has 2 heterocycles. The maximum absolute atomic E-state index is 4.34. The number of hydrogen-bond donors (Lipinski definition) is 1. The van der Waals surface area contributed by atoms with Gasteiger partial charge in [0.05, 0.1) is 6.33 Å². The van der Waals surface area contributed by atoms with E-state index in [2.05, 4.69) is 41.8 Å². The Morgan fingerprint density at radius 2 is 2.38 bits per heavy atom. The Labute approximate surface area is 98.3 Å². The van der Waals surface area contributed by atoms with Gasteiger partial charge in [-0.25, -0.2) is 4.98 Å². The highest BCUT2D eigenvalue weighted by atomic mass is 15.1. The molecule has 3 atom stereocenters. The summed E-state index contributed by atoms with van der Waals surface area (Å²) in [5.74, 6) is 1.37. The molecule has 1 aliphatic rings. The topological polar surface area (TPSA) is 29.9 Å². The Balaban J connectivity index is 2.17. The zero-order valence-electron chi connectivity index (χ0n) is 10.6. The third-order valence-corrected chi connectivity index (χ3v) is 4.08. The van der Waals surface area contributed by atoms with E-state index in [9.17, 15) is 0 Å². The SMILES string of the molecule is CCC(C)C(C)n1cncc1C1CCNC1. The Hall–Kier alpha value is -0.830. The van der Waals surface area contributed by atoms with E-state index in [0.29, 0.717) is 17.9 Å². The summed E-state index contributed by atoms with van der Waals surface area (Å²) in [4.78, 5) is 4.34. The van der Waals surface area contributed by atoms with Crippen LogP contribution >= 0.6 is 0 Å². The van der Waals surface area contributed by atoms with Gasteiger partial charge in [-0.1, -0.05) is 20.3 Å². The van der Waals surface area contributed by atoms with Crippen molar-refractivity contribution in [1.29, 1.82) is 0 Å². The molecule has 0 bridgehead atoms. The third-order valence-electron chi connectivity index (χ3n) is 4.08. The summed E-state index contributed by atoms with van der Waals surface area (Å²) in [6, 6.07) is 0.558. The van der Waals surface area contributed by atoms with Gasteiger partial charge < -0.3 is 9.88 Å².